The van der Waals surface area contributed by atoms with Gasteiger partial charge in [0, 0.05) is 62.4 Å². The Bertz CT molecular complexity index is 1430. The van der Waals surface area contributed by atoms with Gasteiger partial charge in [-0.3, -0.25) is 9.69 Å². The van der Waals surface area contributed by atoms with Gasteiger partial charge in [0.2, 0.25) is 0 Å². The highest BCUT2D eigenvalue weighted by molar-refractivity contribution is 6.31. The van der Waals surface area contributed by atoms with Crippen LogP contribution in [0.2, 0.25) is 5.02 Å². The van der Waals surface area contributed by atoms with Crippen LogP contribution in [0, 0.1) is 12.8 Å². The van der Waals surface area contributed by atoms with Crippen LogP contribution in [0.4, 0.5) is 10.5 Å². The van der Waals surface area contributed by atoms with E-state index < -0.39 is 23.6 Å². The molecule has 2 fully saturated rings. The Morgan fingerprint density at radius 3 is 2.50 bits per heavy atom. The number of nitrogens with zero attached hydrogens (tertiary/aromatic N) is 6. The lowest BCUT2D eigenvalue weighted by Crippen LogP contribution is -2.46. The van der Waals surface area contributed by atoms with Crippen molar-refractivity contribution in [3.05, 3.63) is 70.5 Å². The van der Waals surface area contributed by atoms with Gasteiger partial charge < -0.3 is 19.6 Å². The van der Waals surface area contributed by atoms with Gasteiger partial charge in [0.15, 0.2) is 0 Å². The third-order valence-corrected chi connectivity index (χ3v) is 8.37. The Hall–Kier alpha value is -3.63. The number of piperidine rings is 1. The fraction of sp³-hybridized carbons (Fsp3) is 0.484. The van der Waals surface area contributed by atoms with E-state index in [1.165, 1.54) is 0 Å². The Balaban J connectivity index is 1.24. The van der Waals surface area contributed by atoms with Gasteiger partial charge in [-0.1, -0.05) is 35.0 Å². The van der Waals surface area contributed by atoms with Crippen molar-refractivity contribution in [3.8, 4) is 5.69 Å². The number of carbonyl (C=O) groups excluding carboxylic acids is 1. The lowest BCUT2D eigenvalue weighted by Gasteiger charge is -2.37. The molecule has 2 aliphatic rings. The number of halogens is 1. The normalized spacial score (nSPS) is 20.0. The number of piperazine rings is 1. The van der Waals surface area contributed by atoms with Crippen molar-refractivity contribution in [1.82, 2.24) is 24.8 Å². The molecule has 2 atom stereocenters. The van der Waals surface area contributed by atoms with Crippen molar-refractivity contribution >= 4 is 29.4 Å². The van der Waals surface area contributed by atoms with Gasteiger partial charge >= 0.3 is 12.1 Å². The van der Waals surface area contributed by atoms with Gasteiger partial charge in [-0.2, -0.15) is 0 Å². The molecule has 1 amide bonds. The Kier molecular flexibility index (Phi) is 8.75. The predicted octanol–water partition coefficient (Wildman–Crippen LogP) is 4.98. The number of hydrogen-bond acceptors (Lipinski definition) is 7. The maximum absolute atomic E-state index is 12.8. The van der Waals surface area contributed by atoms with E-state index in [4.69, 9.17) is 16.3 Å². The van der Waals surface area contributed by atoms with Crippen LogP contribution < -0.4 is 4.90 Å². The highest BCUT2D eigenvalue weighted by atomic mass is 35.5. The summed E-state index contributed by atoms with van der Waals surface area (Å²) in [4.78, 5) is 31.2. The van der Waals surface area contributed by atoms with E-state index >= 15 is 0 Å². The molecule has 2 aromatic carbocycles. The maximum atomic E-state index is 12.8. The Morgan fingerprint density at radius 2 is 1.81 bits per heavy atom. The molecule has 224 valence electrons. The first-order valence-corrected chi connectivity index (χ1v) is 14.8. The molecule has 0 saturated carbocycles. The molecule has 0 bridgehead atoms. The molecule has 42 heavy (non-hydrogen) atoms. The summed E-state index contributed by atoms with van der Waals surface area (Å²) in [5.74, 6) is -1.82. The number of benzene rings is 2. The van der Waals surface area contributed by atoms with Gasteiger partial charge in [0.05, 0.1) is 23.5 Å². The highest BCUT2D eigenvalue weighted by Gasteiger charge is 2.38. The number of aliphatic carboxylic acids is 1. The zero-order valence-corrected chi connectivity index (χ0v) is 25.4. The van der Waals surface area contributed by atoms with Crippen molar-refractivity contribution in [2.24, 2.45) is 5.92 Å². The van der Waals surface area contributed by atoms with Gasteiger partial charge in [-0.15, -0.1) is 5.10 Å². The number of carbonyl (C=O) groups is 2. The molecular formula is C31H39ClN6O4. The van der Waals surface area contributed by atoms with E-state index in [1.807, 2.05) is 64.2 Å². The van der Waals surface area contributed by atoms with Crippen molar-refractivity contribution in [3.63, 3.8) is 0 Å². The molecule has 1 aromatic heterocycles. The molecule has 10 nitrogen and oxygen atoms in total. The number of aryl methyl sites for hydroxylation is 1. The first-order chi connectivity index (χ1) is 20.0. The first kappa shape index (κ1) is 29.8. The van der Waals surface area contributed by atoms with E-state index in [2.05, 4.69) is 32.2 Å². The molecule has 3 aromatic rings. The van der Waals surface area contributed by atoms with Crippen molar-refractivity contribution < 1.29 is 19.4 Å². The summed E-state index contributed by atoms with van der Waals surface area (Å²) < 4.78 is 7.29. The van der Waals surface area contributed by atoms with Crippen LogP contribution in [0.25, 0.3) is 5.69 Å². The SMILES string of the molecule is Cc1ccc(N2CCN(Cc3cn(-c4cccc(C5CN(C(=O)OC(C)(C)C)CCC5C(=O)O)c4)nn3)CC2)cc1Cl. The van der Waals surface area contributed by atoms with Crippen LogP contribution in [0.3, 0.4) is 0 Å². The summed E-state index contributed by atoms with van der Waals surface area (Å²) in [6.45, 7) is 12.4. The molecule has 0 spiro atoms. The van der Waals surface area contributed by atoms with Gasteiger partial charge in [0.1, 0.15) is 5.60 Å². The lowest BCUT2D eigenvalue weighted by atomic mass is 9.80. The number of aromatic nitrogens is 3. The number of amides is 1. The zero-order valence-electron chi connectivity index (χ0n) is 24.7. The minimum atomic E-state index is -0.858. The highest BCUT2D eigenvalue weighted by Crippen LogP contribution is 2.34. The van der Waals surface area contributed by atoms with Crippen molar-refractivity contribution in [1.29, 1.82) is 0 Å². The summed E-state index contributed by atoms with van der Waals surface area (Å²) in [6.07, 6.45) is 1.87. The smallest absolute Gasteiger partial charge is 0.410 e. The largest absolute Gasteiger partial charge is 0.481 e. The van der Waals surface area contributed by atoms with Crippen molar-refractivity contribution in [2.45, 2.75) is 52.2 Å². The number of likely N-dealkylation sites (tertiary alicyclic amines) is 1. The summed E-state index contributed by atoms with van der Waals surface area (Å²) >= 11 is 6.34. The zero-order chi connectivity index (χ0) is 30.0. The van der Waals surface area contributed by atoms with Gasteiger partial charge in [0.25, 0.3) is 0 Å². The molecule has 2 unspecified atom stereocenters. The van der Waals surface area contributed by atoms with Crippen LogP contribution in [0.15, 0.2) is 48.7 Å². The number of rotatable bonds is 6. The molecule has 2 saturated heterocycles. The standard InChI is InChI=1S/C31H39ClN6O4/c1-21-8-9-24(17-28(21)32)36-14-12-35(13-15-36)18-23-19-38(34-33-23)25-7-5-6-22(16-25)27-20-37(11-10-26(27)29(39)40)30(41)42-31(2,3)4/h5-9,16-17,19,26-27H,10-15,18,20H2,1-4H3,(H,39,40). The number of carboxylic acids is 1. The van der Waals surface area contributed by atoms with Crippen molar-refractivity contribution in [2.75, 3.05) is 44.2 Å². The minimum Gasteiger partial charge on any atom is -0.481 e. The molecule has 2 aliphatic heterocycles. The van der Waals surface area contributed by atoms with E-state index in [-0.39, 0.29) is 12.5 Å². The van der Waals surface area contributed by atoms with E-state index in [0.717, 1.165) is 59.4 Å². The van der Waals surface area contributed by atoms with E-state index in [0.29, 0.717) is 19.5 Å². The maximum Gasteiger partial charge on any atom is 0.410 e. The Labute approximate surface area is 251 Å². The monoisotopic (exact) mass is 594 g/mol. The quantitative estimate of drug-likeness (QED) is 0.426. The second-order valence-corrected chi connectivity index (χ2v) is 12.6. The van der Waals surface area contributed by atoms with Crippen LogP contribution in [-0.4, -0.2) is 86.8 Å². The average molecular weight is 595 g/mol. The fourth-order valence-corrected chi connectivity index (χ4v) is 5.82. The average Bonchev–Trinajstić information content (AvgIpc) is 3.42. The second kappa shape index (κ2) is 12.3. The fourth-order valence-electron chi connectivity index (χ4n) is 5.64. The minimum absolute atomic E-state index is 0.276. The number of carboxylic acid groups (broad SMARTS) is 1. The van der Waals surface area contributed by atoms with E-state index in [1.54, 1.807) is 9.58 Å². The molecule has 0 aliphatic carbocycles. The van der Waals surface area contributed by atoms with Crippen LogP contribution in [0.1, 0.15) is 49.9 Å². The van der Waals surface area contributed by atoms with Gasteiger partial charge in [-0.05, 0) is 69.5 Å². The van der Waals surface area contributed by atoms with Crippen LogP contribution >= 0.6 is 11.6 Å². The second-order valence-electron chi connectivity index (χ2n) is 12.2. The van der Waals surface area contributed by atoms with Crippen LogP contribution in [-0.2, 0) is 16.1 Å². The molecule has 11 heteroatoms. The van der Waals surface area contributed by atoms with Gasteiger partial charge in [-0.25, -0.2) is 9.48 Å². The topological polar surface area (TPSA) is 104 Å². The third-order valence-electron chi connectivity index (χ3n) is 7.96. The summed E-state index contributed by atoms with van der Waals surface area (Å²) in [5.41, 5.74) is 4.11. The van der Waals surface area contributed by atoms with E-state index in [9.17, 15) is 14.7 Å². The first-order valence-electron chi connectivity index (χ1n) is 14.4. The molecule has 0 radical (unpaired) electrons. The number of hydrogen-bond donors (Lipinski definition) is 1. The molecule has 1 N–H and O–H groups in total. The Morgan fingerprint density at radius 1 is 1.05 bits per heavy atom. The summed E-state index contributed by atoms with van der Waals surface area (Å²) in [6, 6.07) is 13.9. The predicted molar refractivity (Wildman–Crippen MR) is 161 cm³/mol. The lowest BCUT2D eigenvalue weighted by molar-refractivity contribution is -0.144. The molecule has 3 heterocycles. The third kappa shape index (κ3) is 7.04. The summed E-state index contributed by atoms with van der Waals surface area (Å²) in [5, 5.41) is 19.5. The molecular weight excluding hydrogens is 556 g/mol. The van der Waals surface area contributed by atoms with Crippen LogP contribution in [0.5, 0.6) is 0 Å². The summed E-state index contributed by atoms with van der Waals surface area (Å²) in [7, 11) is 0. The molecule has 5 rings (SSSR count). The number of anilines is 1. The number of ether oxygens (including phenoxy) is 1.